The zero-order valence-electron chi connectivity index (χ0n) is 3.11. The van der Waals surface area contributed by atoms with Crippen LogP contribution in [0.3, 0.4) is 0 Å². The molecule has 0 bridgehead atoms. The van der Waals surface area contributed by atoms with Crippen molar-refractivity contribution in [1.29, 1.82) is 0 Å². The van der Waals surface area contributed by atoms with Crippen LogP contribution in [-0.4, -0.2) is 25.8 Å². The van der Waals surface area contributed by atoms with Crippen LogP contribution in [0, 0.1) is 0 Å². The van der Waals surface area contributed by atoms with Gasteiger partial charge in [0.1, 0.15) is 0 Å². The summed E-state index contributed by atoms with van der Waals surface area (Å²) in [4.78, 5) is 0. The average Bonchev–Trinajstić information content (AvgIpc) is 1.69. The number of aromatic nitrogens is 5. The molecule has 0 spiro atoms. The van der Waals surface area contributed by atoms with Gasteiger partial charge in [0.25, 0.3) is 5.28 Å². The summed E-state index contributed by atoms with van der Waals surface area (Å²) < 4.78 is 0. The van der Waals surface area contributed by atoms with Crippen molar-refractivity contribution >= 4 is 11.6 Å². The zero-order valence-corrected chi connectivity index (χ0v) is 3.87. The maximum Gasteiger partial charge on any atom is 0.266 e. The highest BCUT2D eigenvalue weighted by molar-refractivity contribution is 6.28. The monoisotopic (exact) mass is 117 g/mol. The molecular formula is CClN5. The van der Waals surface area contributed by atoms with E-state index >= 15 is 0 Å². The van der Waals surface area contributed by atoms with E-state index in [9.17, 15) is 0 Å². The Morgan fingerprint density at radius 1 is 1.00 bits per heavy atom. The third-order valence-corrected chi connectivity index (χ3v) is 0.486. The van der Waals surface area contributed by atoms with Gasteiger partial charge in [-0.1, -0.05) is 10.2 Å². The summed E-state index contributed by atoms with van der Waals surface area (Å²) in [7, 11) is 0. The predicted molar refractivity (Wildman–Crippen MR) is 20.4 cm³/mol. The Bertz CT molecular complexity index is 138. The lowest BCUT2D eigenvalue weighted by molar-refractivity contribution is 0.679. The fourth-order valence-corrected chi connectivity index (χ4v) is 0.219. The summed E-state index contributed by atoms with van der Waals surface area (Å²) in [6.07, 6.45) is 0. The number of hydrogen-bond acceptors (Lipinski definition) is 5. The van der Waals surface area contributed by atoms with Gasteiger partial charge in [-0.2, -0.15) is 0 Å². The second-order valence-corrected chi connectivity index (χ2v) is 1.08. The normalized spacial score (nSPS) is 8.71. The molecule has 0 aliphatic rings. The van der Waals surface area contributed by atoms with Gasteiger partial charge in [0, 0.05) is 0 Å². The first-order chi connectivity index (χ1) is 3.39. The molecule has 1 heterocycles. The largest absolute Gasteiger partial charge is 0.266 e. The van der Waals surface area contributed by atoms with Crippen molar-refractivity contribution in [2.75, 3.05) is 0 Å². The average molecular weight is 117 g/mol. The molecule has 0 atom stereocenters. The standard InChI is InChI=1S/CClN5/c2-1-3-5-7-6-4-1. The second-order valence-electron chi connectivity index (χ2n) is 0.737. The van der Waals surface area contributed by atoms with Crippen molar-refractivity contribution in [1.82, 2.24) is 25.8 Å². The van der Waals surface area contributed by atoms with Crippen LogP contribution in [0.25, 0.3) is 0 Å². The fourth-order valence-electron chi connectivity index (χ4n) is 0.152. The molecule has 0 fully saturated rings. The van der Waals surface area contributed by atoms with Crippen molar-refractivity contribution < 1.29 is 0 Å². The minimum atomic E-state index is 0.00926. The minimum absolute atomic E-state index is 0.00926. The molecule has 0 N–H and O–H groups in total. The molecule has 0 radical (unpaired) electrons. The van der Waals surface area contributed by atoms with Crippen LogP contribution in [0.5, 0.6) is 0 Å². The Balaban J connectivity index is 3.02. The van der Waals surface area contributed by atoms with Gasteiger partial charge in [0.2, 0.25) is 0 Å². The van der Waals surface area contributed by atoms with Gasteiger partial charge in [-0.05, 0) is 27.2 Å². The molecule has 0 aliphatic heterocycles. The smallest absolute Gasteiger partial charge is 0.0937 e. The molecule has 5 nitrogen and oxygen atoms in total. The Hall–Kier alpha value is -0.840. The predicted octanol–water partition coefficient (Wildman–Crippen LogP) is -0.685. The Morgan fingerprint density at radius 3 is 1.86 bits per heavy atom. The Kier molecular flexibility index (Phi) is 1.08. The van der Waals surface area contributed by atoms with Crippen molar-refractivity contribution in [2.45, 2.75) is 0 Å². The highest BCUT2D eigenvalue weighted by Gasteiger charge is 1.82. The summed E-state index contributed by atoms with van der Waals surface area (Å²) in [5.74, 6) is 0. The molecule has 7 heavy (non-hydrogen) atoms. The first-order valence-electron chi connectivity index (χ1n) is 1.44. The van der Waals surface area contributed by atoms with Crippen LogP contribution in [0.15, 0.2) is 0 Å². The molecule has 1 rings (SSSR count). The van der Waals surface area contributed by atoms with E-state index in [-0.39, 0.29) is 5.28 Å². The third kappa shape index (κ3) is 1.01. The van der Waals surface area contributed by atoms with Crippen LogP contribution in [0.4, 0.5) is 0 Å². The number of rotatable bonds is 0. The quantitative estimate of drug-likeness (QED) is 0.450. The molecule has 1 aromatic rings. The van der Waals surface area contributed by atoms with Gasteiger partial charge in [0.05, 0.1) is 0 Å². The fraction of sp³-hybridized carbons (Fsp3) is 0. The van der Waals surface area contributed by atoms with E-state index < -0.39 is 0 Å². The Morgan fingerprint density at radius 2 is 1.57 bits per heavy atom. The molecule has 0 saturated heterocycles. The van der Waals surface area contributed by atoms with Crippen LogP contribution in [0.1, 0.15) is 0 Å². The van der Waals surface area contributed by atoms with Gasteiger partial charge in [-0.15, -0.1) is 0 Å². The lowest BCUT2D eigenvalue weighted by Gasteiger charge is -1.74. The van der Waals surface area contributed by atoms with E-state index in [1.807, 2.05) is 0 Å². The van der Waals surface area contributed by atoms with Gasteiger partial charge in [0.15, 0.2) is 0 Å². The molecule has 0 unspecified atom stereocenters. The van der Waals surface area contributed by atoms with E-state index in [1.54, 1.807) is 0 Å². The van der Waals surface area contributed by atoms with Crippen molar-refractivity contribution in [3.8, 4) is 0 Å². The van der Waals surface area contributed by atoms with Crippen LogP contribution in [0.2, 0.25) is 5.28 Å². The SMILES string of the molecule is Clc1nnnnn1. The van der Waals surface area contributed by atoms with E-state index in [1.165, 1.54) is 0 Å². The number of hydrogen-bond donors (Lipinski definition) is 0. The first-order valence-corrected chi connectivity index (χ1v) is 1.81. The maximum absolute atomic E-state index is 5.15. The van der Waals surface area contributed by atoms with Gasteiger partial charge < -0.3 is 0 Å². The molecule has 1 aromatic heterocycles. The summed E-state index contributed by atoms with van der Waals surface area (Å²) in [5, 5.41) is 15.6. The lowest BCUT2D eigenvalue weighted by atomic mass is 11.4. The first kappa shape index (κ1) is 4.32. The summed E-state index contributed by atoms with van der Waals surface area (Å²) in [6.45, 7) is 0. The zero-order chi connectivity index (χ0) is 5.11. The molecule has 0 amide bonds. The molecular weight excluding hydrogens is 117 g/mol. The van der Waals surface area contributed by atoms with Crippen molar-refractivity contribution in [2.24, 2.45) is 0 Å². The van der Waals surface area contributed by atoms with E-state index in [4.69, 9.17) is 11.6 Å². The van der Waals surface area contributed by atoms with E-state index in [2.05, 4.69) is 25.8 Å². The molecule has 0 aromatic carbocycles. The van der Waals surface area contributed by atoms with Crippen LogP contribution >= 0.6 is 11.6 Å². The highest BCUT2D eigenvalue weighted by Crippen LogP contribution is 1.86. The molecule has 0 aliphatic carbocycles. The van der Waals surface area contributed by atoms with Crippen molar-refractivity contribution in [3.05, 3.63) is 5.28 Å². The lowest BCUT2D eigenvalue weighted by Crippen LogP contribution is -1.93. The van der Waals surface area contributed by atoms with Crippen LogP contribution in [-0.2, 0) is 0 Å². The van der Waals surface area contributed by atoms with Gasteiger partial charge >= 0.3 is 0 Å². The van der Waals surface area contributed by atoms with Crippen LogP contribution < -0.4 is 0 Å². The summed E-state index contributed by atoms with van der Waals surface area (Å²) in [6, 6.07) is 0. The van der Waals surface area contributed by atoms with Gasteiger partial charge in [-0.25, -0.2) is 0 Å². The number of nitrogens with zero attached hydrogens (tertiary/aromatic N) is 5. The molecule has 6 heteroatoms. The summed E-state index contributed by atoms with van der Waals surface area (Å²) in [5.41, 5.74) is 0. The Labute approximate surface area is 43.7 Å². The topological polar surface area (TPSA) is 64.5 Å². The van der Waals surface area contributed by atoms with E-state index in [0.717, 1.165) is 0 Å². The van der Waals surface area contributed by atoms with Crippen molar-refractivity contribution in [3.63, 3.8) is 0 Å². The second kappa shape index (κ2) is 1.74. The molecule has 0 saturated carbocycles. The number of halogens is 1. The molecule has 36 valence electrons. The summed E-state index contributed by atoms with van der Waals surface area (Å²) >= 11 is 5.15. The van der Waals surface area contributed by atoms with Gasteiger partial charge in [-0.3, -0.25) is 0 Å². The van der Waals surface area contributed by atoms with E-state index in [0.29, 0.717) is 0 Å². The minimum Gasteiger partial charge on any atom is -0.0937 e. The third-order valence-electron chi connectivity index (χ3n) is 0.334. The highest BCUT2D eigenvalue weighted by atomic mass is 35.5. The maximum atomic E-state index is 5.15.